The molecule has 154 valence electrons. The highest BCUT2D eigenvalue weighted by atomic mass is 79.9. The standard InChI is InChI=1S/C24H22BrNO4/c1-24(2)12-17(27)20-18(13-24)30-23(29)21(19(20)15-10-6-7-11-16(15)25)26-22(28)14-8-4-3-5-9-14/h3-11,19,21H,12-13H2,1-2H3,(H,26,28)/t19-,21-/m1/s1. The quantitative estimate of drug-likeness (QED) is 0.672. The summed E-state index contributed by atoms with van der Waals surface area (Å²) in [5.41, 5.74) is 1.41. The zero-order valence-corrected chi connectivity index (χ0v) is 18.4. The van der Waals surface area contributed by atoms with Crippen molar-refractivity contribution in [3.8, 4) is 0 Å². The summed E-state index contributed by atoms with van der Waals surface area (Å²) in [6.45, 7) is 3.97. The van der Waals surface area contributed by atoms with Crippen LogP contribution >= 0.6 is 15.9 Å². The average molecular weight is 468 g/mol. The maximum atomic E-state index is 13.2. The Labute approximate surface area is 183 Å². The minimum Gasteiger partial charge on any atom is -0.429 e. The molecule has 0 spiro atoms. The molecule has 0 saturated heterocycles. The number of allylic oxidation sites excluding steroid dienone is 1. The number of carbonyl (C=O) groups is 3. The fraction of sp³-hybridized carbons (Fsp3) is 0.292. The lowest BCUT2D eigenvalue weighted by molar-refractivity contribution is -0.145. The normalized spacial score (nSPS) is 22.9. The molecule has 1 aliphatic carbocycles. The Morgan fingerprint density at radius 3 is 2.40 bits per heavy atom. The van der Waals surface area contributed by atoms with Gasteiger partial charge in [-0.1, -0.05) is 66.2 Å². The summed E-state index contributed by atoms with van der Waals surface area (Å²) in [5.74, 6) is -1.18. The molecular formula is C24H22BrNO4. The molecule has 2 atom stereocenters. The Hall–Kier alpha value is -2.73. The highest BCUT2D eigenvalue weighted by Crippen LogP contribution is 2.47. The summed E-state index contributed by atoms with van der Waals surface area (Å²) >= 11 is 3.55. The molecule has 2 aromatic rings. The van der Waals surface area contributed by atoms with Crippen LogP contribution in [0.4, 0.5) is 0 Å². The summed E-state index contributed by atoms with van der Waals surface area (Å²) in [6, 6.07) is 15.1. The van der Waals surface area contributed by atoms with Gasteiger partial charge in [-0.2, -0.15) is 0 Å². The summed E-state index contributed by atoms with van der Waals surface area (Å²) in [4.78, 5) is 39.0. The third-order valence-corrected chi connectivity index (χ3v) is 6.29. The van der Waals surface area contributed by atoms with Gasteiger partial charge in [-0.3, -0.25) is 9.59 Å². The first-order valence-electron chi connectivity index (χ1n) is 9.85. The van der Waals surface area contributed by atoms with Gasteiger partial charge in [0.15, 0.2) is 5.78 Å². The Bertz CT molecular complexity index is 1060. The molecule has 1 N–H and O–H groups in total. The molecule has 1 amide bonds. The molecule has 1 aliphatic heterocycles. The summed E-state index contributed by atoms with van der Waals surface area (Å²) in [5, 5.41) is 2.81. The molecule has 2 aromatic carbocycles. The topological polar surface area (TPSA) is 72.5 Å². The molecule has 6 heteroatoms. The number of rotatable bonds is 3. The number of hydrogen-bond acceptors (Lipinski definition) is 4. The number of ketones is 1. The lowest BCUT2D eigenvalue weighted by Gasteiger charge is -2.40. The van der Waals surface area contributed by atoms with Crippen LogP contribution in [-0.4, -0.2) is 23.7 Å². The molecule has 5 nitrogen and oxygen atoms in total. The van der Waals surface area contributed by atoms with Gasteiger partial charge in [-0.25, -0.2) is 4.79 Å². The second-order valence-electron chi connectivity index (χ2n) is 8.52. The molecule has 0 unspecified atom stereocenters. The monoisotopic (exact) mass is 467 g/mol. The van der Waals surface area contributed by atoms with E-state index in [2.05, 4.69) is 21.2 Å². The van der Waals surface area contributed by atoms with Gasteiger partial charge in [0.2, 0.25) is 0 Å². The minimum atomic E-state index is -1.000. The van der Waals surface area contributed by atoms with Crippen LogP contribution in [0.25, 0.3) is 0 Å². The van der Waals surface area contributed by atoms with Gasteiger partial charge in [0, 0.05) is 34.4 Å². The highest BCUT2D eigenvalue weighted by molar-refractivity contribution is 9.10. The van der Waals surface area contributed by atoms with E-state index in [1.54, 1.807) is 24.3 Å². The van der Waals surface area contributed by atoms with E-state index >= 15 is 0 Å². The van der Waals surface area contributed by atoms with E-state index in [9.17, 15) is 14.4 Å². The molecule has 0 radical (unpaired) electrons. The summed E-state index contributed by atoms with van der Waals surface area (Å²) < 4.78 is 6.40. The van der Waals surface area contributed by atoms with Crippen molar-refractivity contribution in [3.63, 3.8) is 0 Å². The first-order chi connectivity index (χ1) is 14.3. The minimum absolute atomic E-state index is 0.0477. The van der Waals surface area contributed by atoms with E-state index in [0.29, 0.717) is 29.7 Å². The predicted octanol–water partition coefficient (Wildman–Crippen LogP) is 4.53. The summed E-state index contributed by atoms with van der Waals surface area (Å²) in [7, 11) is 0. The number of nitrogens with one attached hydrogen (secondary N) is 1. The second-order valence-corrected chi connectivity index (χ2v) is 9.37. The van der Waals surface area contributed by atoms with Crippen molar-refractivity contribution in [3.05, 3.63) is 81.5 Å². The molecule has 4 rings (SSSR count). The van der Waals surface area contributed by atoms with E-state index in [0.717, 1.165) is 10.0 Å². The maximum absolute atomic E-state index is 13.2. The fourth-order valence-corrected chi connectivity index (χ4v) is 4.75. The van der Waals surface area contributed by atoms with Crippen molar-refractivity contribution in [1.82, 2.24) is 5.32 Å². The number of esters is 1. The molecule has 0 fully saturated rings. The zero-order valence-electron chi connectivity index (χ0n) is 16.8. The Balaban J connectivity index is 1.80. The number of hydrogen-bond donors (Lipinski definition) is 1. The van der Waals surface area contributed by atoms with E-state index in [-0.39, 0.29) is 17.1 Å². The molecule has 0 saturated carbocycles. The first-order valence-corrected chi connectivity index (χ1v) is 10.6. The van der Waals surface area contributed by atoms with E-state index in [1.807, 2.05) is 44.2 Å². The van der Waals surface area contributed by atoms with Gasteiger partial charge in [-0.15, -0.1) is 0 Å². The largest absolute Gasteiger partial charge is 0.429 e. The van der Waals surface area contributed by atoms with Crippen LogP contribution in [0.15, 0.2) is 70.4 Å². The maximum Gasteiger partial charge on any atom is 0.334 e. The molecule has 2 aliphatic rings. The van der Waals surface area contributed by atoms with Gasteiger partial charge < -0.3 is 10.1 Å². The molecule has 0 aromatic heterocycles. The van der Waals surface area contributed by atoms with Crippen molar-refractivity contribution in [2.75, 3.05) is 0 Å². The Morgan fingerprint density at radius 1 is 1.03 bits per heavy atom. The molecule has 0 bridgehead atoms. The number of amides is 1. The molecular weight excluding hydrogens is 446 g/mol. The van der Waals surface area contributed by atoms with Crippen LogP contribution in [0.1, 0.15) is 48.5 Å². The van der Waals surface area contributed by atoms with Gasteiger partial charge >= 0.3 is 5.97 Å². The van der Waals surface area contributed by atoms with Crippen LogP contribution < -0.4 is 5.32 Å². The third kappa shape index (κ3) is 3.84. The van der Waals surface area contributed by atoms with Crippen LogP contribution in [-0.2, 0) is 14.3 Å². The first kappa shape index (κ1) is 20.5. The lowest BCUT2D eigenvalue weighted by Crippen LogP contribution is -2.51. The highest BCUT2D eigenvalue weighted by Gasteiger charge is 2.48. The van der Waals surface area contributed by atoms with Gasteiger partial charge in [0.05, 0.1) is 0 Å². The van der Waals surface area contributed by atoms with Gasteiger partial charge in [-0.05, 0) is 29.2 Å². The number of halogens is 1. The van der Waals surface area contributed by atoms with Crippen LogP contribution in [0.5, 0.6) is 0 Å². The van der Waals surface area contributed by atoms with Crippen molar-refractivity contribution in [2.24, 2.45) is 5.41 Å². The smallest absolute Gasteiger partial charge is 0.334 e. The zero-order chi connectivity index (χ0) is 21.5. The number of carbonyl (C=O) groups excluding carboxylic acids is 3. The lowest BCUT2D eigenvalue weighted by atomic mass is 9.70. The van der Waals surface area contributed by atoms with Crippen molar-refractivity contribution >= 4 is 33.6 Å². The van der Waals surface area contributed by atoms with Gasteiger partial charge in [0.25, 0.3) is 5.91 Å². The molecule has 1 heterocycles. The predicted molar refractivity (Wildman–Crippen MR) is 116 cm³/mol. The number of ether oxygens (including phenoxy) is 1. The average Bonchev–Trinajstić information content (AvgIpc) is 2.69. The number of benzene rings is 2. The van der Waals surface area contributed by atoms with E-state index in [4.69, 9.17) is 4.74 Å². The van der Waals surface area contributed by atoms with Crippen LogP contribution in [0.2, 0.25) is 0 Å². The number of Topliss-reactive ketones (excluding diaryl/α,β-unsaturated/α-hetero) is 1. The van der Waals surface area contributed by atoms with Crippen LogP contribution in [0.3, 0.4) is 0 Å². The van der Waals surface area contributed by atoms with Crippen LogP contribution in [0, 0.1) is 5.41 Å². The van der Waals surface area contributed by atoms with E-state index < -0.39 is 17.9 Å². The Morgan fingerprint density at radius 2 is 1.70 bits per heavy atom. The molecule has 30 heavy (non-hydrogen) atoms. The second kappa shape index (κ2) is 7.84. The fourth-order valence-electron chi connectivity index (χ4n) is 4.22. The van der Waals surface area contributed by atoms with Crippen molar-refractivity contribution in [2.45, 2.75) is 38.6 Å². The SMILES string of the molecule is CC1(C)CC(=O)C2=C(C1)OC(=O)[C@H](NC(=O)c1ccccc1)[C@@H]2c1ccccc1Br. The van der Waals surface area contributed by atoms with Crippen molar-refractivity contribution < 1.29 is 19.1 Å². The van der Waals surface area contributed by atoms with E-state index in [1.165, 1.54) is 0 Å². The Kier molecular flexibility index (Phi) is 5.36. The third-order valence-electron chi connectivity index (χ3n) is 5.56. The summed E-state index contributed by atoms with van der Waals surface area (Å²) in [6.07, 6.45) is 0.865. The van der Waals surface area contributed by atoms with Gasteiger partial charge in [0.1, 0.15) is 11.8 Å². The van der Waals surface area contributed by atoms with Crippen molar-refractivity contribution in [1.29, 1.82) is 0 Å².